The first kappa shape index (κ1) is 23.4. The van der Waals surface area contributed by atoms with Crippen LogP contribution in [0.3, 0.4) is 0 Å². The van der Waals surface area contributed by atoms with Crippen LogP contribution in [-0.2, 0) is 23.0 Å². The zero-order valence-electron chi connectivity index (χ0n) is 18.6. The minimum Gasteiger partial charge on any atom is -0.380 e. The van der Waals surface area contributed by atoms with Gasteiger partial charge in [0.2, 0.25) is 5.91 Å². The molecule has 0 fully saturated rings. The Bertz CT molecular complexity index is 1020. The van der Waals surface area contributed by atoms with Crippen molar-refractivity contribution in [1.29, 1.82) is 0 Å². The topological polar surface area (TPSA) is 93.1 Å². The van der Waals surface area contributed by atoms with E-state index in [1.165, 1.54) is 12.1 Å². The minimum absolute atomic E-state index is 0.203. The van der Waals surface area contributed by atoms with Crippen LogP contribution in [0.1, 0.15) is 12.5 Å². The van der Waals surface area contributed by atoms with Crippen molar-refractivity contribution in [2.45, 2.75) is 19.4 Å². The average Bonchev–Trinajstić information content (AvgIpc) is 3.17. The summed E-state index contributed by atoms with van der Waals surface area (Å²) in [5, 5.41) is 13.7. The Kier molecular flexibility index (Phi) is 8.29. The fourth-order valence-corrected chi connectivity index (χ4v) is 3.23. The molecule has 3 N–H and O–H groups in total. The van der Waals surface area contributed by atoms with Gasteiger partial charge < -0.3 is 20.7 Å². The standard InChI is InChI=1S/C23H29FN6O2/c1-4-32-12-11-26-20(13-16-5-7-18(24)8-6-16)23(31)28-22-15-19(29-30(22)3)17-9-10-27-21(14-17)25-2/h5-10,14-15,20,26H,4,11-13H2,1-3H3,(H,25,27)(H,28,31)/t20-/m0/s1. The highest BCUT2D eigenvalue weighted by Gasteiger charge is 2.20. The van der Waals surface area contributed by atoms with Crippen LogP contribution in [0.15, 0.2) is 48.7 Å². The number of hydrogen-bond acceptors (Lipinski definition) is 6. The Hall–Kier alpha value is -3.30. The molecule has 0 aliphatic heterocycles. The van der Waals surface area contributed by atoms with E-state index in [2.05, 4.69) is 26.0 Å². The lowest BCUT2D eigenvalue weighted by molar-refractivity contribution is -0.118. The maximum atomic E-state index is 13.3. The van der Waals surface area contributed by atoms with E-state index in [0.29, 0.717) is 32.0 Å². The molecule has 1 aromatic carbocycles. The molecule has 170 valence electrons. The van der Waals surface area contributed by atoms with Crippen LogP contribution in [0, 0.1) is 5.82 Å². The molecule has 0 radical (unpaired) electrons. The average molecular weight is 441 g/mol. The first-order valence-corrected chi connectivity index (χ1v) is 10.5. The molecule has 2 aromatic heterocycles. The zero-order chi connectivity index (χ0) is 22.9. The van der Waals surface area contributed by atoms with Crippen molar-refractivity contribution in [1.82, 2.24) is 20.1 Å². The molecule has 0 saturated carbocycles. The highest BCUT2D eigenvalue weighted by atomic mass is 19.1. The van der Waals surface area contributed by atoms with Crippen molar-refractivity contribution in [3.05, 3.63) is 60.0 Å². The SMILES string of the molecule is CCOCCN[C@@H](Cc1ccc(F)cc1)C(=O)Nc1cc(-c2ccnc(NC)c2)nn1C. The van der Waals surface area contributed by atoms with Gasteiger partial charge in [-0.1, -0.05) is 12.1 Å². The van der Waals surface area contributed by atoms with Crippen molar-refractivity contribution in [3.63, 3.8) is 0 Å². The van der Waals surface area contributed by atoms with Gasteiger partial charge in [0.25, 0.3) is 0 Å². The van der Waals surface area contributed by atoms with Crippen LogP contribution >= 0.6 is 0 Å². The largest absolute Gasteiger partial charge is 0.380 e. The summed E-state index contributed by atoms with van der Waals surface area (Å²) in [4.78, 5) is 17.3. The molecule has 1 amide bonds. The van der Waals surface area contributed by atoms with Crippen molar-refractivity contribution < 1.29 is 13.9 Å². The summed E-state index contributed by atoms with van der Waals surface area (Å²) in [5.41, 5.74) is 2.47. The lowest BCUT2D eigenvalue weighted by Gasteiger charge is -2.18. The minimum atomic E-state index is -0.518. The van der Waals surface area contributed by atoms with Gasteiger partial charge in [0.1, 0.15) is 17.5 Å². The number of ether oxygens (including phenoxy) is 1. The number of aryl methyl sites for hydroxylation is 1. The summed E-state index contributed by atoms with van der Waals surface area (Å²) in [6.07, 6.45) is 2.12. The molecule has 0 spiro atoms. The summed E-state index contributed by atoms with van der Waals surface area (Å²) in [6.45, 7) is 3.55. The van der Waals surface area contributed by atoms with E-state index in [1.807, 2.05) is 25.1 Å². The summed E-state index contributed by atoms with van der Waals surface area (Å²) in [5.74, 6) is 0.796. The van der Waals surface area contributed by atoms with Crippen molar-refractivity contribution in [2.24, 2.45) is 7.05 Å². The molecule has 8 nitrogen and oxygen atoms in total. The maximum Gasteiger partial charge on any atom is 0.242 e. The van der Waals surface area contributed by atoms with Crippen molar-refractivity contribution >= 4 is 17.5 Å². The van der Waals surface area contributed by atoms with Gasteiger partial charge in [-0.15, -0.1) is 0 Å². The number of pyridine rings is 1. The lowest BCUT2D eigenvalue weighted by atomic mass is 10.1. The molecule has 3 rings (SSSR count). The van der Waals surface area contributed by atoms with Gasteiger partial charge in [-0.25, -0.2) is 9.37 Å². The number of aromatic nitrogens is 3. The molecule has 2 heterocycles. The molecule has 0 bridgehead atoms. The van der Waals surface area contributed by atoms with E-state index in [4.69, 9.17) is 4.74 Å². The lowest BCUT2D eigenvalue weighted by Crippen LogP contribution is -2.43. The van der Waals surface area contributed by atoms with Gasteiger partial charge in [-0.05, 0) is 43.2 Å². The first-order chi connectivity index (χ1) is 15.5. The van der Waals surface area contributed by atoms with Crippen LogP contribution in [0.25, 0.3) is 11.3 Å². The van der Waals surface area contributed by atoms with Crippen LogP contribution in [0.4, 0.5) is 16.0 Å². The van der Waals surface area contributed by atoms with Crippen molar-refractivity contribution in [3.8, 4) is 11.3 Å². The van der Waals surface area contributed by atoms with Crippen LogP contribution in [0.2, 0.25) is 0 Å². The second kappa shape index (κ2) is 11.4. The highest BCUT2D eigenvalue weighted by Crippen LogP contribution is 2.23. The maximum absolute atomic E-state index is 13.3. The third kappa shape index (κ3) is 6.35. The van der Waals surface area contributed by atoms with E-state index in [-0.39, 0.29) is 11.7 Å². The van der Waals surface area contributed by atoms with E-state index >= 15 is 0 Å². The van der Waals surface area contributed by atoms with Crippen LogP contribution in [0.5, 0.6) is 0 Å². The number of halogens is 1. The van der Waals surface area contributed by atoms with Crippen LogP contribution in [-0.4, -0.2) is 53.5 Å². The Morgan fingerprint density at radius 3 is 2.72 bits per heavy atom. The second-order valence-electron chi connectivity index (χ2n) is 7.24. The first-order valence-electron chi connectivity index (χ1n) is 10.5. The normalized spacial score (nSPS) is 11.9. The Labute approximate surface area is 187 Å². The smallest absolute Gasteiger partial charge is 0.242 e. The Balaban J connectivity index is 1.74. The number of amides is 1. The Morgan fingerprint density at radius 1 is 1.22 bits per heavy atom. The summed E-state index contributed by atoms with van der Waals surface area (Å²) >= 11 is 0. The molecule has 32 heavy (non-hydrogen) atoms. The predicted molar refractivity (Wildman–Crippen MR) is 123 cm³/mol. The van der Waals surface area contributed by atoms with Crippen LogP contribution < -0.4 is 16.0 Å². The zero-order valence-corrected chi connectivity index (χ0v) is 18.6. The van der Waals surface area contributed by atoms with Gasteiger partial charge in [0.15, 0.2) is 0 Å². The molecule has 3 aromatic rings. The molecule has 0 aliphatic carbocycles. The molecule has 0 unspecified atom stereocenters. The quantitative estimate of drug-likeness (QED) is 0.397. The van der Waals surface area contributed by atoms with Gasteiger partial charge >= 0.3 is 0 Å². The third-order valence-electron chi connectivity index (χ3n) is 4.95. The summed E-state index contributed by atoms with van der Waals surface area (Å²) < 4.78 is 20.3. The monoisotopic (exact) mass is 440 g/mol. The fourth-order valence-electron chi connectivity index (χ4n) is 3.23. The highest BCUT2D eigenvalue weighted by molar-refractivity contribution is 5.94. The number of nitrogens with one attached hydrogen (secondary N) is 3. The second-order valence-corrected chi connectivity index (χ2v) is 7.24. The number of rotatable bonds is 11. The van der Waals surface area contributed by atoms with E-state index < -0.39 is 6.04 Å². The number of nitrogens with zero attached hydrogens (tertiary/aromatic N) is 3. The molecule has 9 heteroatoms. The number of anilines is 2. The van der Waals surface area contributed by atoms with Gasteiger partial charge in [-0.2, -0.15) is 5.10 Å². The summed E-state index contributed by atoms with van der Waals surface area (Å²) in [6, 6.07) is 11.2. The van der Waals surface area contributed by atoms with Gasteiger partial charge in [-0.3, -0.25) is 9.48 Å². The molecule has 0 aliphatic rings. The molecule has 0 saturated heterocycles. The third-order valence-corrected chi connectivity index (χ3v) is 4.95. The van der Waals surface area contributed by atoms with Crippen molar-refractivity contribution in [2.75, 3.05) is 37.4 Å². The van der Waals surface area contributed by atoms with Gasteiger partial charge in [0.05, 0.1) is 18.3 Å². The molecular weight excluding hydrogens is 411 g/mol. The van der Waals surface area contributed by atoms with Gasteiger partial charge in [0, 0.05) is 45.1 Å². The molecular formula is C23H29FN6O2. The number of benzene rings is 1. The van der Waals surface area contributed by atoms with E-state index in [0.717, 1.165) is 22.6 Å². The van der Waals surface area contributed by atoms with E-state index in [9.17, 15) is 9.18 Å². The number of carbonyl (C=O) groups is 1. The number of hydrogen-bond donors (Lipinski definition) is 3. The predicted octanol–water partition coefficient (Wildman–Crippen LogP) is 2.84. The summed E-state index contributed by atoms with van der Waals surface area (Å²) in [7, 11) is 3.58. The Morgan fingerprint density at radius 2 is 2.00 bits per heavy atom. The fraction of sp³-hybridized carbons (Fsp3) is 0.348. The van der Waals surface area contributed by atoms with E-state index in [1.54, 1.807) is 37.1 Å². The molecule has 1 atom stereocenters. The number of carbonyl (C=O) groups excluding carboxylic acids is 1.